The van der Waals surface area contributed by atoms with Crippen LogP contribution < -0.4 is 4.90 Å². The summed E-state index contributed by atoms with van der Waals surface area (Å²) in [4.78, 5) is 17.5. The Bertz CT molecular complexity index is 1290. The van der Waals surface area contributed by atoms with Gasteiger partial charge in [0.1, 0.15) is 0 Å². The van der Waals surface area contributed by atoms with Crippen molar-refractivity contribution in [2.75, 3.05) is 31.1 Å². The summed E-state index contributed by atoms with van der Waals surface area (Å²) in [6.45, 7) is 6.55. The van der Waals surface area contributed by atoms with Gasteiger partial charge in [-0.15, -0.1) is 0 Å². The van der Waals surface area contributed by atoms with E-state index in [2.05, 4.69) is 39.4 Å². The van der Waals surface area contributed by atoms with Gasteiger partial charge in [-0.2, -0.15) is 9.78 Å². The van der Waals surface area contributed by atoms with Crippen LogP contribution in [-0.2, 0) is 0 Å². The van der Waals surface area contributed by atoms with Crippen molar-refractivity contribution < 1.29 is 4.79 Å². The van der Waals surface area contributed by atoms with Gasteiger partial charge in [-0.3, -0.25) is 4.79 Å². The molecule has 0 unspecified atom stereocenters. The molecule has 2 aromatic carbocycles. The molecule has 1 saturated heterocycles. The lowest BCUT2D eigenvalue weighted by Crippen LogP contribution is -2.49. The summed E-state index contributed by atoms with van der Waals surface area (Å²) < 4.78 is 3.54. The Morgan fingerprint density at radius 3 is 2.38 bits per heavy atom. The van der Waals surface area contributed by atoms with Crippen LogP contribution in [0, 0.1) is 0 Å². The number of piperazine rings is 1. The van der Waals surface area contributed by atoms with Crippen LogP contribution in [0.1, 0.15) is 35.8 Å². The van der Waals surface area contributed by atoms with Crippen molar-refractivity contribution in [3.8, 4) is 11.4 Å². The van der Waals surface area contributed by atoms with Crippen LogP contribution in [0.15, 0.2) is 60.8 Å². The van der Waals surface area contributed by atoms with Gasteiger partial charge in [-0.05, 0) is 46.7 Å². The number of anilines is 1. The third-order valence-electron chi connectivity index (χ3n) is 5.94. The molecule has 1 amide bonds. The summed E-state index contributed by atoms with van der Waals surface area (Å²) in [6.07, 6.45) is 1.67. The molecule has 0 bridgehead atoms. The fourth-order valence-corrected chi connectivity index (χ4v) is 4.47. The Labute approximate surface area is 202 Å². The predicted molar refractivity (Wildman–Crippen MR) is 130 cm³/mol. The molecule has 0 aliphatic carbocycles. The molecule has 0 atom stereocenters. The molecular formula is C24H25ClN8O. The van der Waals surface area contributed by atoms with Crippen molar-refractivity contribution in [1.29, 1.82) is 0 Å². The second kappa shape index (κ2) is 9.26. The first-order valence-corrected chi connectivity index (χ1v) is 11.6. The minimum atomic E-state index is -0.0146. The molecule has 1 aliphatic rings. The van der Waals surface area contributed by atoms with Gasteiger partial charge in [-0.1, -0.05) is 54.8 Å². The molecule has 4 aromatic rings. The Balaban J connectivity index is 1.34. The number of amides is 1. The number of tetrazole rings is 1. The molecule has 1 aliphatic heterocycles. The van der Waals surface area contributed by atoms with E-state index in [9.17, 15) is 4.79 Å². The van der Waals surface area contributed by atoms with Crippen LogP contribution in [0.2, 0.25) is 5.02 Å². The maximum absolute atomic E-state index is 13.5. The molecule has 1 fully saturated rings. The summed E-state index contributed by atoms with van der Waals surface area (Å²) in [5.74, 6) is 0.770. The second-order valence-corrected chi connectivity index (χ2v) is 8.93. The van der Waals surface area contributed by atoms with Crippen LogP contribution in [0.3, 0.4) is 0 Å². The molecule has 0 saturated carbocycles. The SMILES string of the molecule is CC(C)c1c(C(=O)N2CCN(c3nnnn3-c3ccccc3)CC2)cnn1-c1cccc(Cl)c1. The summed E-state index contributed by atoms with van der Waals surface area (Å²) in [7, 11) is 0. The first-order valence-electron chi connectivity index (χ1n) is 11.2. The zero-order valence-corrected chi connectivity index (χ0v) is 19.8. The van der Waals surface area contributed by atoms with Crippen LogP contribution in [0.5, 0.6) is 0 Å². The van der Waals surface area contributed by atoms with Gasteiger partial charge in [-0.25, -0.2) is 4.68 Å². The number of hydrogen-bond acceptors (Lipinski definition) is 6. The van der Waals surface area contributed by atoms with Gasteiger partial charge in [0.25, 0.3) is 5.91 Å². The van der Waals surface area contributed by atoms with E-state index in [-0.39, 0.29) is 11.8 Å². The maximum Gasteiger partial charge on any atom is 0.257 e. The van der Waals surface area contributed by atoms with Crippen molar-refractivity contribution >= 4 is 23.5 Å². The Morgan fingerprint density at radius 1 is 0.941 bits per heavy atom. The average molecular weight is 477 g/mol. The zero-order chi connectivity index (χ0) is 23.7. The van der Waals surface area contributed by atoms with Crippen molar-refractivity contribution in [3.63, 3.8) is 0 Å². The molecule has 0 N–H and O–H groups in total. The highest BCUT2D eigenvalue weighted by atomic mass is 35.5. The fourth-order valence-electron chi connectivity index (χ4n) is 4.29. The normalized spacial score (nSPS) is 14.1. The summed E-state index contributed by atoms with van der Waals surface area (Å²) in [6, 6.07) is 17.3. The van der Waals surface area contributed by atoms with E-state index in [0.29, 0.717) is 42.7 Å². The highest BCUT2D eigenvalue weighted by Crippen LogP contribution is 2.26. The lowest BCUT2D eigenvalue weighted by Gasteiger charge is -2.34. The van der Waals surface area contributed by atoms with Crippen LogP contribution >= 0.6 is 11.6 Å². The molecule has 3 heterocycles. The highest BCUT2D eigenvalue weighted by molar-refractivity contribution is 6.30. The van der Waals surface area contributed by atoms with Gasteiger partial charge < -0.3 is 9.80 Å². The molecule has 5 rings (SSSR count). The minimum Gasteiger partial charge on any atom is -0.336 e. The summed E-state index contributed by atoms with van der Waals surface area (Å²) in [5, 5.41) is 17.4. The van der Waals surface area contributed by atoms with Crippen molar-refractivity contribution in [1.82, 2.24) is 34.9 Å². The van der Waals surface area contributed by atoms with E-state index < -0.39 is 0 Å². The molecule has 0 radical (unpaired) electrons. The van der Waals surface area contributed by atoms with Gasteiger partial charge >= 0.3 is 0 Å². The predicted octanol–water partition coefficient (Wildman–Crippen LogP) is 3.59. The quantitative estimate of drug-likeness (QED) is 0.437. The number of carbonyl (C=O) groups excluding carboxylic acids is 1. The van der Waals surface area contributed by atoms with Gasteiger partial charge in [0, 0.05) is 31.2 Å². The first-order chi connectivity index (χ1) is 16.5. The largest absolute Gasteiger partial charge is 0.336 e. The van der Waals surface area contributed by atoms with Crippen molar-refractivity contribution in [2.45, 2.75) is 19.8 Å². The molecule has 34 heavy (non-hydrogen) atoms. The number of aromatic nitrogens is 6. The van der Waals surface area contributed by atoms with E-state index in [4.69, 9.17) is 11.6 Å². The summed E-state index contributed by atoms with van der Waals surface area (Å²) in [5.41, 5.74) is 3.24. The number of benzene rings is 2. The average Bonchev–Trinajstić information content (AvgIpc) is 3.52. The third-order valence-corrected chi connectivity index (χ3v) is 6.18. The Kier molecular flexibility index (Phi) is 6.02. The highest BCUT2D eigenvalue weighted by Gasteiger charge is 2.29. The molecule has 174 valence electrons. The molecule has 0 spiro atoms. The number of para-hydroxylation sites is 1. The van der Waals surface area contributed by atoms with Gasteiger partial charge in [0.05, 0.1) is 28.8 Å². The monoisotopic (exact) mass is 476 g/mol. The van der Waals surface area contributed by atoms with Crippen LogP contribution in [0.25, 0.3) is 11.4 Å². The number of carbonyl (C=O) groups is 1. The minimum absolute atomic E-state index is 0.0146. The van der Waals surface area contributed by atoms with E-state index in [1.807, 2.05) is 64.2 Å². The van der Waals surface area contributed by atoms with Gasteiger partial charge in [0.15, 0.2) is 0 Å². The molecule has 10 heteroatoms. The Morgan fingerprint density at radius 2 is 1.68 bits per heavy atom. The van der Waals surface area contributed by atoms with E-state index in [1.54, 1.807) is 10.9 Å². The van der Waals surface area contributed by atoms with Crippen molar-refractivity contribution in [2.24, 2.45) is 0 Å². The Hall–Kier alpha value is -3.72. The maximum atomic E-state index is 13.5. The zero-order valence-electron chi connectivity index (χ0n) is 19.0. The third kappa shape index (κ3) is 4.14. The smallest absolute Gasteiger partial charge is 0.257 e. The number of nitrogens with zero attached hydrogens (tertiary/aromatic N) is 8. The lowest BCUT2D eigenvalue weighted by atomic mass is 10.0. The molecule has 2 aromatic heterocycles. The standard InChI is InChI=1S/C24H25ClN8O/c1-17(2)22-21(16-26-32(22)20-10-6-7-18(25)15-20)23(34)30-11-13-31(14-12-30)24-27-28-29-33(24)19-8-4-3-5-9-19/h3-10,15-17H,11-14H2,1-2H3. The topological polar surface area (TPSA) is 85.0 Å². The fraction of sp³-hybridized carbons (Fsp3) is 0.292. The summed E-state index contributed by atoms with van der Waals surface area (Å²) >= 11 is 6.19. The van der Waals surface area contributed by atoms with Gasteiger partial charge in [0.2, 0.25) is 5.95 Å². The number of hydrogen-bond donors (Lipinski definition) is 0. The first kappa shape index (κ1) is 22.1. The van der Waals surface area contributed by atoms with Crippen LogP contribution in [-0.4, -0.2) is 67.0 Å². The van der Waals surface area contributed by atoms with Crippen molar-refractivity contribution in [3.05, 3.63) is 77.1 Å². The molecule has 9 nitrogen and oxygen atoms in total. The second-order valence-electron chi connectivity index (χ2n) is 8.50. The number of halogens is 1. The van der Waals surface area contributed by atoms with E-state index in [1.165, 1.54) is 0 Å². The van der Waals surface area contributed by atoms with E-state index >= 15 is 0 Å². The van der Waals surface area contributed by atoms with Crippen LogP contribution in [0.4, 0.5) is 5.95 Å². The lowest BCUT2D eigenvalue weighted by molar-refractivity contribution is 0.0744. The van der Waals surface area contributed by atoms with E-state index in [0.717, 1.165) is 17.1 Å². The number of rotatable bonds is 5. The molecular weight excluding hydrogens is 452 g/mol.